The van der Waals surface area contributed by atoms with Gasteiger partial charge in [0.2, 0.25) is 11.2 Å². The van der Waals surface area contributed by atoms with Crippen LogP contribution in [0.5, 0.6) is 5.88 Å². The minimum Gasteiger partial charge on any atom is -0.458 e. The van der Waals surface area contributed by atoms with Gasteiger partial charge in [-0.15, -0.1) is 6.42 Å². The van der Waals surface area contributed by atoms with E-state index in [-0.39, 0.29) is 5.28 Å². The van der Waals surface area contributed by atoms with E-state index >= 15 is 0 Å². The number of ether oxygens (including phenoxy) is 1. The zero-order valence-electron chi connectivity index (χ0n) is 9.57. The van der Waals surface area contributed by atoms with Crippen molar-refractivity contribution in [2.45, 2.75) is 19.4 Å². The number of terminal acetylenes is 1. The molecule has 0 fully saturated rings. The molecule has 2 aromatic rings. The topological polar surface area (TPSA) is 35.0 Å². The summed E-state index contributed by atoms with van der Waals surface area (Å²) in [4.78, 5) is 8.19. The smallest absolute Gasteiger partial charge is 0.227 e. The van der Waals surface area contributed by atoms with E-state index in [1.165, 1.54) is 0 Å². The zero-order valence-corrected chi connectivity index (χ0v) is 10.3. The molecule has 0 spiro atoms. The molecule has 0 unspecified atom stereocenters. The van der Waals surface area contributed by atoms with E-state index in [0.29, 0.717) is 5.88 Å². The number of halogens is 1. The van der Waals surface area contributed by atoms with E-state index in [4.69, 9.17) is 22.8 Å². The molecule has 4 heteroatoms. The highest BCUT2D eigenvalue weighted by Crippen LogP contribution is 2.26. The van der Waals surface area contributed by atoms with Crippen LogP contribution in [0.15, 0.2) is 24.3 Å². The van der Waals surface area contributed by atoms with Crippen LogP contribution in [-0.2, 0) is 0 Å². The van der Waals surface area contributed by atoms with Crippen LogP contribution in [0.25, 0.3) is 10.9 Å². The van der Waals surface area contributed by atoms with Crippen molar-refractivity contribution >= 4 is 22.5 Å². The van der Waals surface area contributed by atoms with Gasteiger partial charge in [-0.25, -0.2) is 4.98 Å². The Morgan fingerprint density at radius 2 is 2.00 bits per heavy atom. The Hall–Kier alpha value is -1.79. The summed E-state index contributed by atoms with van der Waals surface area (Å²) < 4.78 is 5.67. The average molecular weight is 247 g/mol. The van der Waals surface area contributed by atoms with E-state index in [2.05, 4.69) is 15.9 Å². The van der Waals surface area contributed by atoms with Gasteiger partial charge in [-0.2, -0.15) is 4.98 Å². The number of benzene rings is 1. The minimum atomic E-state index is -0.736. The average Bonchev–Trinajstić information content (AvgIpc) is 2.28. The first-order valence-electron chi connectivity index (χ1n) is 5.11. The molecule has 0 atom stereocenters. The summed E-state index contributed by atoms with van der Waals surface area (Å²) in [5.74, 6) is 2.95. The van der Waals surface area contributed by atoms with Crippen LogP contribution in [0, 0.1) is 12.3 Å². The largest absolute Gasteiger partial charge is 0.458 e. The maximum absolute atomic E-state index is 5.84. The molecule has 0 N–H and O–H groups in total. The first-order valence-corrected chi connectivity index (χ1v) is 5.49. The van der Waals surface area contributed by atoms with Gasteiger partial charge in [-0.05, 0) is 37.6 Å². The summed E-state index contributed by atoms with van der Waals surface area (Å²) in [6, 6.07) is 7.48. The number of hydrogen-bond donors (Lipinski definition) is 0. The lowest BCUT2D eigenvalue weighted by Gasteiger charge is -2.20. The predicted molar refractivity (Wildman–Crippen MR) is 68.1 cm³/mol. The number of nitrogens with zero attached hydrogens (tertiary/aromatic N) is 2. The van der Waals surface area contributed by atoms with Gasteiger partial charge < -0.3 is 4.74 Å². The fourth-order valence-corrected chi connectivity index (χ4v) is 1.54. The first-order chi connectivity index (χ1) is 8.02. The molecular formula is C13H11ClN2O. The highest BCUT2D eigenvalue weighted by Gasteiger charge is 2.19. The van der Waals surface area contributed by atoms with Crippen molar-refractivity contribution < 1.29 is 4.74 Å². The van der Waals surface area contributed by atoms with E-state index < -0.39 is 5.60 Å². The van der Waals surface area contributed by atoms with Gasteiger partial charge in [0.25, 0.3) is 0 Å². The van der Waals surface area contributed by atoms with Gasteiger partial charge in [0, 0.05) is 0 Å². The van der Waals surface area contributed by atoms with Crippen molar-refractivity contribution in [3.8, 4) is 18.2 Å². The Kier molecular flexibility index (Phi) is 2.91. The molecule has 0 aliphatic carbocycles. The molecule has 1 aromatic heterocycles. The molecule has 1 aromatic carbocycles. The van der Waals surface area contributed by atoms with E-state index in [1.807, 2.05) is 24.3 Å². The van der Waals surface area contributed by atoms with Crippen LogP contribution >= 0.6 is 11.6 Å². The fourth-order valence-electron chi connectivity index (χ4n) is 1.37. The van der Waals surface area contributed by atoms with Crippen LogP contribution in [0.1, 0.15) is 13.8 Å². The van der Waals surface area contributed by atoms with Crippen LogP contribution in [0.3, 0.4) is 0 Å². The third kappa shape index (κ3) is 2.48. The van der Waals surface area contributed by atoms with Crippen molar-refractivity contribution in [2.24, 2.45) is 0 Å². The molecule has 0 radical (unpaired) electrons. The minimum absolute atomic E-state index is 0.145. The SMILES string of the molecule is C#CC(C)(C)Oc1nc(Cl)nc2ccccc12. The molecule has 3 nitrogen and oxygen atoms in total. The van der Waals surface area contributed by atoms with Crippen LogP contribution < -0.4 is 4.74 Å². The second-order valence-electron chi connectivity index (χ2n) is 4.07. The van der Waals surface area contributed by atoms with Crippen molar-refractivity contribution in [2.75, 3.05) is 0 Å². The third-order valence-electron chi connectivity index (χ3n) is 2.24. The highest BCUT2D eigenvalue weighted by molar-refractivity contribution is 6.28. The first kappa shape index (κ1) is 11.7. The monoisotopic (exact) mass is 246 g/mol. The lowest BCUT2D eigenvalue weighted by molar-refractivity contribution is 0.167. The summed E-state index contributed by atoms with van der Waals surface area (Å²) in [5, 5.41) is 0.937. The lowest BCUT2D eigenvalue weighted by Crippen LogP contribution is -2.26. The second-order valence-corrected chi connectivity index (χ2v) is 4.41. The molecule has 1 heterocycles. The number of aromatic nitrogens is 2. The normalized spacial score (nSPS) is 11.2. The number of rotatable bonds is 2. The molecule has 2 rings (SSSR count). The van der Waals surface area contributed by atoms with Gasteiger partial charge in [-0.1, -0.05) is 18.1 Å². The Morgan fingerprint density at radius 1 is 1.29 bits per heavy atom. The summed E-state index contributed by atoms with van der Waals surface area (Å²) in [5.41, 5.74) is -0.00388. The lowest BCUT2D eigenvalue weighted by atomic mass is 10.1. The van der Waals surface area contributed by atoms with Crippen LogP contribution in [0.2, 0.25) is 5.28 Å². The quantitative estimate of drug-likeness (QED) is 0.603. The summed E-state index contributed by atoms with van der Waals surface area (Å²) >= 11 is 5.84. The standard InChI is InChI=1S/C13H11ClN2O/c1-4-13(2,3)17-11-9-7-5-6-8-10(9)15-12(14)16-11/h1,5-8H,2-3H3. The van der Waals surface area contributed by atoms with Gasteiger partial charge >= 0.3 is 0 Å². The van der Waals surface area contributed by atoms with Crippen molar-refractivity contribution in [3.05, 3.63) is 29.5 Å². The summed E-state index contributed by atoms with van der Waals surface area (Å²) in [6.45, 7) is 3.58. The molecule has 17 heavy (non-hydrogen) atoms. The summed E-state index contributed by atoms with van der Waals surface area (Å²) in [6.07, 6.45) is 5.38. The van der Waals surface area contributed by atoms with Crippen molar-refractivity contribution in [1.29, 1.82) is 0 Å². The molecule has 0 saturated heterocycles. The molecular weight excluding hydrogens is 236 g/mol. The zero-order chi connectivity index (χ0) is 12.5. The van der Waals surface area contributed by atoms with Crippen LogP contribution in [0.4, 0.5) is 0 Å². The maximum atomic E-state index is 5.84. The second kappa shape index (κ2) is 4.23. The van der Waals surface area contributed by atoms with Gasteiger partial charge in [0.15, 0.2) is 5.60 Å². The van der Waals surface area contributed by atoms with Gasteiger partial charge in [0.05, 0.1) is 10.9 Å². The van der Waals surface area contributed by atoms with E-state index in [1.54, 1.807) is 13.8 Å². The van der Waals surface area contributed by atoms with E-state index in [9.17, 15) is 0 Å². The van der Waals surface area contributed by atoms with Gasteiger partial charge in [-0.3, -0.25) is 0 Å². The highest BCUT2D eigenvalue weighted by atomic mass is 35.5. The number of fused-ring (bicyclic) bond motifs is 1. The number of hydrogen-bond acceptors (Lipinski definition) is 3. The molecule has 0 saturated carbocycles. The molecule has 0 bridgehead atoms. The molecule has 0 amide bonds. The van der Waals surface area contributed by atoms with Gasteiger partial charge in [0.1, 0.15) is 0 Å². The van der Waals surface area contributed by atoms with Crippen molar-refractivity contribution in [1.82, 2.24) is 9.97 Å². The Morgan fingerprint density at radius 3 is 2.71 bits per heavy atom. The molecule has 0 aliphatic rings. The maximum Gasteiger partial charge on any atom is 0.227 e. The van der Waals surface area contributed by atoms with E-state index in [0.717, 1.165) is 10.9 Å². The fraction of sp³-hybridized carbons (Fsp3) is 0.231. The Balaban J connectivity index is 2.57. The Labute approximate surface area is 105 Å². The third-order valence-corrected chi connectivity index (χ3v) is 2.41. The number of para-hydroxylation sites is 1. The molecule has 0 aliphatic heterocycles. The van der Waals surface area contributed by atoms with Crippen molar-refractivity contribution in [3.63, 3.8) is 0 Å². The predicted octanol–water partition coefficient (Wildman–Crippen LogP) is 3.07. The summed E-state index contributed by atoms with van der Waals surface area (Å²) in [7, 11) is 0. The Bertz CT molecular complexity index is 602. The van der Waals surface area contributed by atoms with Crippen LogP contribution in [-0.4, -0.2) is 15.6 Å². The molecule has 86 valence electrons.